The van der Waals surface area contributed by atoms with Crippen molar-refractivity contribution in [3.8, 4) is 28.1 Å². The molecule has 2 unspecified atom stereocenters. The summed E-state index contributed by atoms with van der Waals surface area (Å²) in [5, 5.41) is 2.51. The molecule has 1 N–H and O–H groups in total. The fraction of sp³-hybridized carbons (Fsp3) is 0.120. The molecular formula is C25H21N3OP2. The van der Waals surface area contributed by atoms with Crippen molar-refractivity contribution in [2.75, 3.05) is 6.66 Å². The number of nitrogens with zero attached hydrogens (tertiary/aromatic N) is 2. The molecule has 0 aliphatic carbocycles. The third-order valence-electron chi connectivity index (χ3n) is 6.00. The Labute approximate surface area is 184 Å². The number of hydrogen-bond donors (Lipinski definition) is 1. The number of aromatic nitrogens is 2. The van der Waals surface area contributed by atoms with Crippen molar-refractivity contribution in [3.63, 3.8) is 0 Å². The smallest absolute Gasteiger partial charge is 0.130 e. The second kappa shape index (κ2) is 7.41. The number of imidazole rings is 1. The van der Waals surface area contributed by atoms with Crippen molar-refractivity contribution < 1.29 is 4.74 Å². The number of H-pyrrole nitrogens is 1. The Hall–Kier alpha value is -2.80. The van der Waals surface area contributed by atoms with Gasteiger partial charge in [-0.15, -0.1) is 0 Å². The van der Waals surface area contributed by atoms with Crippen LogP contribution in [-0.2, 0) is 13.0 Å². The molecule has 0 bridgehead atoms. The Morgan fingerprint density at radius 3 is 2.94 bits per heavy atom. The van der Waals surface area contributed by atoms with Crippen LogP contribution in [0.4, 0.5) is 5.69 Å². The summed E-state index contributed by atoms with van der Waals surface area (Å²) >= 11 is 0. The summed E-state index contributed by atoms with van der Waals surface area (Å²) in [6.45, 7) is 6.57. The molecule has 0 fully saturated rings. The van der Waals surface area contributed by atoms with Gasteiger partial charge < -0.3 is 9.72 Å². The molecule has 0 radical (unpaired) electrons. The van der Waals surface area contributed by atoms with Crippen molar-refractivity contribution in [1.82, 2.24) is 9.97 Å². The fourth-order valence-electron chi connectivity index (χ4n) is 4.46. The predicted molar refractivity (Wildman–Crippen MR) is 134 cm³/mol. The Morgan fingerprint density at radius 1 is 1.13 bits per heavy atom. The first-order valence-electron chi connectivity index (χ1n) is 10.3. The molecule has 3 heterocycles. The molecule has 2 aliphatic rings. The summed E-state index contributed by atoms with van der Waals surface area (Å²) in [4.78, 5) is 12.6. The average molecular weight is 441 g/mol. The molecule has 0 saturated heterocycles. The number of rotatable bonds is 4. The van der Waals surface area contributed by atoms with Crippen LogP contribution in [0, 0.1) is 0 Å². The normalized spacial score (nSPS) is 14.7. The van der Waals surface area contributed by atoms with E-state index in [1.54, 1.807) is 0 Å². The number of benzene rings is 3. The quantitative estimate of drug-likeness (QED) is 0.387. The van der Waals surface area contributed by atoms with E-state index in [-0.39, 0.29) is 0 Å². The van der Waals surface area contributed by atoms with Crippen LogP contribution >= 0.6 is 17.2 Å². The maximum atomic E-state index is 6.23. The molecule has 2 aliphatic heterocycles. The van der Waals surface area contributed by atoms with Gasteiger partial charge in [-0.3, -0.25) is 4.99 Å². The maximum absolute atomic E-state index is 6.23. The van der Waals surface area contributed by atoms with Crippen molar-refractivity contribution in [2.45, 2.75) is 13.0 Å². The first-order valence-corrected chi connectivity index (χ1v) is 12.8. The van der Waals surface area contributed by atoms with E-state index in [9.17, 15) is 0 Å². The van der Waals surface area contributed by atoms with Gasteiger partial charge in [-0.2, -0.15) is 0 Å². The highest BCUT2D eigenvalue weighted by Crippen LogP contribution is 2.44. The molecule has 3 aromatic carbocycles. The lowest BCUT2D eigenvalue weighted by Crippen LogP contribution is -2.06. The second-order valence-electron chi connectivity index (χ2n) is 7.77. The molecule has 6 heteroatoms. The van der Waals surface area contributed by atoms with Crippen molar-refractivity contribution in [3.05, 3.63) is 72.2 Å². The second-order valence-corrected chi connectivity index (χ2v) is 10.0. The van der Waals surface area contributed by atoms with Gasteiger partial charge in [0.05, 0.1) is 17.6 Å². The third kappa shape index (κ3) is 3.14. The van der Waals surface area contributed by atoms with Crippen molar-refractivity contribution >= 4 is 44.6 Å². The molecule has 2 atom stereocenters. The summed E-state index contributed by atoms with van der Waals surface area (Å²) in [6.07, 6.45) is 2.85. The molecule has 0 saturated carbocycles. The molecule has 1 aromatic heterocycles. The van der Waals surface area contributed by atoms with Crippen LogP contribution < -0.4 is 10.3 Å². The number of aliphatic imine (C=N–C) groups is 1. The van der Waals surface area contributed by atoms with Gasteiger partial charge in [-0.25, -0.2) is 4.98 Å². The van der Waals surface area contributed by atoms with Crippen LogP contribution in [0.25, 0.3) is 33.2 Å². The van der Waals surface area contributed by atoms with E-state index in [1.165, 1.54) is 32.9 Å². The van der Waals surface area contributed by atoms with E-state index in [4.69, 9.17) is 9.73 Å². The van der Waals surface area contributed by atoms with Crippen LogP contribution in [0.5, 0.6) is 5.75 Å². The minimum Gasteiger partial charge on any atom is -0.488 e. The van der Waals surface area contributed by atoms with E-state index in [2.05, 4.69) is 65.7 Å². The highest BCUT2D eigenvalue weighted by Gasteiger charge is 2.22. The highest BCUT2D eigenvalue weighted by molar-refractivity contribution is 7.57. The Balaban J connectivity index is 1.42. The minimum atomic E-state index is 0.491. The summed E-state index contributed by atoms with van der Waals surface area (Å²) < 4.78 is 6.23. The number of fused-ring (bicyclic) bond motifs is 6. The molecule has 152 valence electrons. The van der Waals surface area contributed by atoms with Gasteiger partial charge in [0, 0.05) is 17.4 Å². The first-order chi connectivity index (χ1) is 15.2. The molecule has 6 rings (SSSR count). The van der Waals surface area contributed by atoms with Gasteiger partial charge in [0.15, 0.2) is 0 Å². The van der Waals surface area contributed by atoms with Crippen LogP contribution in [0.3, 0.4) is 0 Å². The van der Waals surface area contributed by atoms with Crippen LogP contribution in [0.15, 0.2) is 66.0 Å². The Morgan fingerprint density at radius 2 is 2.06 bits per heavy atom. The maximum Gasteiger partial charge on any atom is 0.130 e. The Kier molecular flexibility index (Phi) is 4.52. The summed E-state index contributed by atoms with van der Waals surface area (Å²) in [5.41, 5.74) is 10.5. The molecule has 31 heavy (non-hydrogen) atoms. The topological polar surface area (TPSA) is 50.3 Å². The highest BCUT2D eigenvalue weighted by atomic mass is 31.1. The lowest BCUT2D eigenvalue weighted by Gasteiger charge is -2.22. The average Bonchev–Trinajstić information content (AvgIpc) is 3.44. The SMILES string of the molecule is C=CPc1ncc(-c2ccc3c(c2)COc2cc4c5c(ccc4cc2-3)N=C(PC)C5)[nH]1. The number of hydrogen-bond acceptors (Lipinski definition) is 3. The lowest BCUT2D eigenvalue weighted by molar-refractivity contribution is 0.303. The zero-order valence-corrected chi connectivity index (χ0v) is 19.1. The monoisotopic (exact) mass is 441 g/mol. The predicted octanol–water partition coefficient (Wildman–Crippen LogP) is 6.13. The van der Waals surface area contributed by atoms with Crippen molar-refractivity contribution in [1.29, 1.82) is 0 Å². The zero-order valence-electron chi connectivity index (χ0n) is 17.1. The van der Waals surface area contributed by atoms with Crippen LogP contribution in [0.1, 0.15) is 11.1 Å². The lowest BCUT2D eigenvalue weighted by atomic mass is 9.91. The zero-order chi connectivity index (χ0) is 20.9. The van der Waals surface area contributed by atoms with E-state index in [0.717, 1.165) is 48.8 Å². The Bertz CT molecular complexity index is 1400. The van der Waals surface area contributed by atoms with Gasteiger partial charge in [0.2, 0.25) is 0 Å². The summed E-state index contributed by atoms with van der Waals surface area (Å²) in [6, 6.07) is 15.4. The number of nitrogens with one attached hydrogen (secondary N) is 1. The third-order valence-corrected chi connectivity index (χ3v) is 7.60. The van der Waals surface area contributed by atoms with Crippen molar-refractivity contribution in [2.24, 2.45) is 4.99 Å². The molecule has 4 nitrogen and oxygen atoms in total. The molecular weight excluding hydrogens is 420 g/mol. The van der Waals surface area contributed by atoms with E-state index in [0.29, 0.717) is 15.2 Å². The van der Waals surface area contributed by atoms with Crippen LogP contribution in [0.2, 0.25) is 0 Å². The van der Waals surface area contributed by atoms with Crippen LogP contribution in [-0.4, -0.2) is 22.1 Å². The number of aromatic amines is 1. The summed E-state index contributed by atoms with van der Waals surface area (Å²) in [7, 11) is 1.25. The standard InChI is InChI=1S/C25H21N3OP2/c1-3-31-25-26-12-22(28-25)15-4-6-17-16(8-15)13-29-23-10-18-14(9-20(17)23)5-7-21-19(18)11-24(27-21)30-2/h3-10,12,30-31H,1,11,13H2,2H3,(H,26,28). The molecule has 0 amide bonds. The molecule has 0 spiro atoms. The molecule has 4 aromatic rings. The first kappa shape index (κ1) is 18.9. The van der Waals surface area contributed by atoms with E-state index in [1.807, 2.05) is 12.0 Å². The van der Waals surface area contributed by atoms with Gasteiger partial charge in [0.25, 0.3) is 0 Å². The minimum absolute atomic E-state index is 0.491. The van der Waals surface area contributed by atoms with E-state index >= 15 is 0 Å². The largest absolute Gasteiger partial charge is 0.488 e. The fourth-order valence-corrected chi connectivity index (χ4v) is 5.58. The van der Waals surface area contributed by atoms with Gasteiger partial charge >= 0.3 is 0 Å². The van der Waals surface area contributed by atoms with Gasteiger partial charge in [-0.1, -0.05) is 39.2 Å². The van der Waals surface area contributed by atoms with Gasteiger partial charge in [-0.05, 0) is 72.5 Å². The van der Waals surface area contributed by atoms with Gasteiger partial charge in [0.1, 0.15) is 17.9 Å². The number of ether oxygens (including phenoxy) is 1. The van der Waals surface area contributed by atoms with E-state index < -0.39 is 0 Å². The summed E-state index contributed by atoms with van der Waals surface area (Å²) in [5.74, 6) is 2.85.